The van der Waals surface area contributed by atoms with Crippen molar-refractivity contribution in [2.45, 2.75) is 44.1 Å². The summed E-state index contributed by atoms with van der Waals surface area (Å²) >= 11 is 3.35. The molecule has 0 radical (unpaired) electrons. The van der Waals surface area contributed by atoms with Gasteiger partial charge >= 0.3 is 5.97 Å². The van der Waals surface area contributed by atoms with Crippen molar-refractivity contribution in [1.29, 1.82) is 0 Å². The van der Waals surface area contributed by atoms with Crippen molar-refractivity contribution in [3.8, 4) is 0 Å². The summed E-state index contributed by atoms with van der Waals surface area (Å²) in [6, 6.07) is 4.18. The first-order chi connectivity index (χ1) is 10.1. The van der Waals surface area contributed by atoms with E-state index < -0.39 is 11.5 Å². The van der Waals surface area contributed by atoms with Gasteiger partial charge in [-0.1, -0.05) is 12.5 Å². The smallest absolute Gasteiger partial charge is 0.330 e. The van der Waals surface area contributed by atoms with Gasteiger partial charge in [-0.2, -0.15) is 11.8 Å². The molecule has 1 saturated heterocycles. The number of thiophene rings is 1. The summed E-state index contributed by atoms with van der Waals surface area (Å²) in [5.41, 5.74) is -1.03. The van der Waals surface area contributed by atoms with Crippen molar-refractivity contribution in [3.63, 3.8) is 0 Å². The molecule has 0 spiro atoms. The Kier molecular flexibility index (Phi) is 6.11. The molecule has 1 aromatic heterocycles. The minimum atomic E-state index is -1.03. The predicted octanol–water partition coefficient (Wildman–Crippen LogP) is 2.93. The summed E-state index contributed by atoms with van der Waals surface area (Å²) in [6.07, 6.45) is 4.91. The van der Waals surface area contributed by atoms with Crippen molar-refractivity contribution in [2.24, 2.45) is 0 Å². The van der Waals surface area contributed by atoms with Gasteiger partial charge in [0.15, 0.2) is 0 Å². The average Bonchev–Trinajstić information content (AvgIpc) is 3.10. The topological polar surface area (TPSA) is 66.4 Å². The number of carboxylic acid groups (broad SMARTS) is 1. The third-order valence-electron chi connectivity index (χ3n) is 3.72. The maximum Gasteiger partial charge on any atom is 0.330 e. The second kappa shape index (κ2) is 7.84. The highest BCUT2D eigenvalue weighted by Gasteiger charge is 2.42. The highest BCUT2D eigenvalue weighted by molar-refractivity contribution is 7.99. The highest BCUT2D eigenvalue weighted by atomic mass is 32.2. The Bertz CT molecular complexity index is 467. The van der Waals surface area contributed by atoms with Gasteiger partial charge in [-0.25, -0.2) is 4.79 Å². The number of hydrogen-bond acceptors (Lipinski definition) is 4. The van der Waals surface area contributed by atoms with E-state index >= 15 is 0 Å². The van der Waals surface area contributed by atoms with E-state index in [0.29, 0.717) is 18.6 Å². The van der Waals surface area contributed by atoms with E-state index in [-0.39, 0.29) is 5.91 Å². The molecule has 2 heterocycles. The summed E-state index contributed by atoms with van der Waals surface area (Å²) in [6.45, 7) is 0. The molecule has 1 unspecified atom stereocenters. The maximum absolute atomic E-state index is 11.9. The van der Waals surface area contributed by atoms with E-state index in [9.17, 15) is 14.7 Å². The first kappa shape index (κ1) is 16.4. The first-order valence-electron chi connectivity index (χ1n) is 7.27. The minimum absolute atomic E-state index is 0.129. The number of nitrogens with one attached hydrogen (secondary N) is 1. The molecule has 0 bridgehead atoms. The van der Waals surface area contributed by atoms with Crippen LogP contribution in [0.3, 0.4) is 0 Å². The van der Waals surface area contributed by atoms with Gasteiger partial charge in [-0.3, -0.25) is 4.79 Å². The Hall–Kier alpha value is -1.01. The Labute approximate surface area is 133 Å². The Balaban J connectivity index is 1.64. The number of unbranched alkanes of at least 4 members (excludes halogenated alkanes) is 2. The molecule has 0 saturated carbocycles. The van der Waals surface area contributed by atoms with Crippen LogP contribution >= 0.6 is 23.1 Å². The fourth-order valence-corrected chi connectivity index (χ4v) is 4.51. The SMILES string of the molecule is O=C(CCCCCc1cccs1)NC1(C(=O)O)CCSC1. The molecular formula is C15H21NO3S2. The Morgan fingerprint density at radius 1 is 1.33 bits per heavy atom. The first-order valence-corrected chi connectivity index (χ1v) is 9.30. The van der Waals surface area contributed by atoms with Crippen LogP contribution in [-0.4, -0.2) is 34.0 Å². The van der Waals surface area contributed by atoms with E-state index in [1.807, 2.05) is 0 Å². The molecule has 6 heteroatoms. The molecular weight excluding hydrogens is 306 g/mol. The molecule has 116 valence electrons. The molecule has 1 aromatic rings. The zero-order valence-corrected chi connectivity index (χ0v) is 13.6. The zero-order chi connectivity index (χ0) is 15.1. The fraction of sp³-hybridized carbons (Fsp3) is 0.600. The standard InChI is InChI=1S/C15H21NO3S2/c17-13(16-15(14(18)19)8-10-20-11-15)7-3-1-2-5-12-6-4-9-21-12/h4,6,9H,1-3,5,7-8,10-11H2,(H,16,17)(H,18,19). The molecule has 2 rings (SSSR count). The van der Waals surface area contributed by atoms with Crippen molar-refractivity contribution in [2.75, 3.05) is 11.5 Å². The third-order valence-corrected chi connectivity index (χ3v) is 5.84. The maximum atomic E-state index is 11.9. The summed E-state index contributed by atoms with van der Waals surface area (Å²) in [4.78, 5) is 24.6. The van der Waals surface area contributed by atoms with Crippen LogP contribution in [0.1, 0.15) is 37.0 Å². The number of hydrogen-bond donors (Lipinski definition) is 2. The van der Waals surface area contributed by atoms with E-state index in [0.717, 1.165) is 31.4 Å². The molecule has 1 aliphatic rings. The lowest BCUT2D eigenvalue weighted by Crippen LogP contribution is -2.54. The lowest BCUT2D eigenvalue weighted by Gasteiger charge is -2.24. The average molecular weight is 327 g/mol. The number of carbonyl (C=O) groups is 2. The minimum Gasteiger partial charge on any atom is -0.479 e. The van der Waals surface area contributed by atoms with Crippen LogP contribution in [0.2, 0.25) is 0 Å². The predicted molar refractivity (Wildman–Crippen MR) is 86.9 cm³/mol. The highest BCUT2D eigenvalue weighted by Crippen LogP contribution is 2.28. The number of aryl methyl sites for hydroxylation is 1. The summed E-state index contributed by atoms with van der Waals surface area (Å²) in [5, 5.41) is 14.1. The van der Waals surface area contributed by atoms with Crippen LogP contribution in [0.15, 0.2) is 17.5 Å². The summed E-state index contributed by atoms with van der Waals surface area (Å²) in [5.74, 6) is 0.245. The van der Waals surface area contributed by atoms with Crippen LogP contribution in [0.4, 0.5) is 0 Å². The molecule has 1 fully saturated rings. The molecule has 0 aromatic carbocycles. The fourth-order valence-electron chi connectivity index (χ4n) is 2.43. The van der Waals surface area contributed by atoms with Gasteiger partial charge < -0.3 is 10.4 Å². The third kappa shape index (κ3) is 4.74. The van der Waals surface area contributed by atoms with Gasteiger partial charge in [0.2, 0.25) is 5.91 Å². The lowest BCUT2D eigenvalue weighted by atomic mass is 9.98. The van der Waals surface area contributed by atoms with Crippen LogP contribution in [0.5, 0.6) is 0 Å². The number of rotatable bonds is 8. The molecule has 4 nitrogen and oxygen atoms in total. The van der Waals surface area contributed by atoms with E-state index in [1.54, 1.807) is 23.1 Å². The van der Waals surface area contributed by atoms with Gasteiger partial charge in [-0.15, -0.1) is 11.3 Å². The van der Waals surface area contributed by atoms with Gasteiger partial charge in [-0.05, 0) is 42.9 Å². The van der Waals surface area contributed by atoms with Gasteiger partial charge in [0, 0.05) is 17.1 Å². The van der Waals surface area contributed by atoms with Crippen molar-refractivity contribution in [1.82, 2.24) is 5.32 Å². The van der Waals surface area contributed by atoms with E-state index in [2.05, 4.69) is 22.8 Å². The second-order valence-corrected chi connectivity index (χ2v) is 7.52. The van der Waals surface area contributed by atoms with Crippen molar-refractivity contribution in [3.05, 3.63) is 22.4 Å². The van der Waals surface area contributed by atoms with Crippen LogP contribution < -0.4 is 5.32 Å². The zero-order valence-electron chi connectivity index (χ0n) is 12.0. The van der Waals surface area contributed by atoms with Crippen LogP contribution in [0, 0.1) is 0 Å². The van der Waals surface area contributed by atoms with Gasteiger partial charge in [0.05, 0.1) is 0 Å². The lowest BCUT2D eigenvalue weighted by molar-refractivity contribution is -0.146. The normalized spacial score (nSPS) is 21.3. The largest absolute Gasteiger partial charge is 0.479 e. The molecule has 1 atom stereocenters. The van der Waals surface area contributed by atoms with Crippen molar-refractivity contribution < 1.29 is 14.7 Å². The quantitative estimate of drug-likeness (QED) is 0.721. The number of thioether (sulfide) groups is 1. The van der Waals surface area contributed by atoms with Crippen molar-refractivity contribution >= 4 is 35.0 Å². The number of carboxylic acids is 1. The number of amides is 1. The molecule has 21 heavy (non-hydrogen) atoms. The van der Waals surface area contributed by atoms with E-state index in [1.165, 1.54) is 4.88 Å². The van der Waals surface area contributed by atoms with Crippen LogP contribution in [0.25, 0.3) is 0 Å². The molecule has 1 amide bonds. The van der Waals surface area contributed by atoms with E-state index in [4.69, 9.17) is 0 Å². The Morgan fingerprint density at radius 3 is 2.81 bits per heavy atom. The molecule has 1 aliphatic heterocycles. The second-order valence-electron chi connectivity index (χ2n) is 5.38. The molecule has 2 N–H and O–H groups in total. The molecule has 0 aliphatic carbocycles. The number of aliphatic carboxylic acids is 1. The summed E-state index contributed by atoms with van der Waals surface area (Å²) in [7, 11) is 0. The van der Waals surface area contributed by atoms with Gasteiger partial charge in [0.1, 0.15) is 5.54 Å². The van der Waals surface area contributed by atoms with Crippen LogP contribution in [-0.2, 0) is 16.0 Å². The van der Waals surface area contributed by atoms with Gasteiger partial charge in [0.25, 0.3) is 0 Å². The summed E-state index contributed by atoms with van der Waals surface area (Å²) < 4.78 is 0. The monoisotopic (exact) mass is 327 g/mol. The number of carbonyl (C=O) groups excluding carboxylic acids is 1. The Morgan fingerprint density at radius 2 is 2.19 bits per heavy atom.